The highest BCUT2D eigenvalue weighted by atomic mass is 79.9. The third-order valence-electron chi connectivity index (χ3n) is 3.15. The first-order chi connectivity index (χ1) is 9.97. The molecular formula is C16H14BrClFNO. The summed E-state index contributed by atoms with van der Waals surface area (Å²) >= 11 is 9.30. The molecule has 2 nitrogen and oxygen atoms in total. The van der Waals surface area contributed by atoms with Gasteiger partial charge < -0.3 is 4.90 Å². The van der Waals surface area contributed by atoms with Crippen LogP contribution in [-0.4, -0.2) is 17.9 Å². The molecule has 0 radical (unpaired) electrons. The van der Waals surface area contributed by atoms with Gasteiger partial charge in [-0.1, -0.05) is 45.7 Å². The molecule has 0 aliphatic rings. The van der Waals surface area contributed by atoms with Gasteiger partial charge in [0.05, 0.1) is 6.42 Å². The van der Waals surface area contributed by atoms with Crippen LogP contribution in [-0.2, 0) is 17.8 Å². The third-order valence-corrected chi connectivity index (χ3v) is 4.03. The minimum Gasteiger partial charge on any atom is -0.341 e. The Labute approximate surface area is 136 Å². The first-order valence-electron chi connectivity index (χ1n) is 6.38. The number of carbonyl (C=O) groups excluding carboxylic acids is 1. The zero-order valence-electron chi connectivity index (χ0n) is 11.4. The molecule has 2 aromatic carbocycles. The Hall–Kier alpha value is -1.39. The van der Waals surface area contributed by atoms with E-state index < -0.39 is 5.82 Å². The second-order valence-corrected chi connectivity index (χ2v) is 6.08. The summed E-state index contributed by atoms with van der Waals surface area (Å²) in [6, 6.07) is 12.1. The molecule has 0 saturated carbocycles. The fourth-order valence-electron chi connectivity index (χ4n) is 1.94. The van der Waals surface area contributed by atoms with Crippen molar-refractivity contribution in [3.05, 3.63) is 68.9 Å². The third kappa shape index (κ3) is 4.29. The van der Waals surface area contributed by atoms with Crippen molar-refractivity contribution in [1.29, 1.82) is 0 Å². The molecule has 0 heterocycles. The van der Waals surface area contributed by atoms with Gasteiger partial charge in [-0.15, -0.1) is 0 Å². The van der Waals surface area contributed by atoms with Gasteiger partial charge in [-0.05, 0) is 29.8 Å². The van der Waals surface area contributed by atoms with Crippen molar-refractivity contribution >= 4 is 33.4 Å². The Kier molecular flexibility index (Phi) is 5.37. The summed E-state index contributed by atoms with van der Waals surface area (Å²) in [5.74, 6) is -0.627. The van der Waals surface area contributed by atoms with E-state index in [-0.39, 0.29) is 22.9 Å². The average molecular weight is 371 g/mol. The Bertz CT molecular complexity index is 625. The number of rotatable bonds is 4. The van der Waals surface area contributed by atoms with Crippen LogP contribution < -0.4 is 0 Å². The van der Waals surface area contributed by atoms with Crippen LogP contribution in [0.2, 0.25) is 5.02 Å². The summed E-state index contributed by atoms with van der Waals surface area (Å²) in [5, 5.41) is 0.278. The van der Waals surface area contributed by atoms with Crippen molar-refractivity contribution in [3.8, 4) is 0 Å². The Morgan fingerprint density at radius 1 is 1.24 bits per heavy atom. The number of likely N-dealkylation sites (N-methyl/N-ethyl adjacent to an activating group) is 1. The molecule has 0 aliphatic carbocycles. The predicted octanol–water partition coefficient (Wildman–Crippen LogP) is 4.44. The summed E-state index contributed by atoms with van der Waals surface area (Å²) in [4.78, 5) is 13.7. The van der Waals surface area contributed by atoms with Gasteiger partial charge in [0, 0.05) is 28.7 Å². The van der Waals surface area contributed by atoms with Gasteiger partial charge in [-0.3, -0.25) is 4.79 Å². The van der Waals surface area contributed by atoms with Gasteiger partial charge in [0.1, 0.15) is 5.82 Å². The van der Waals surface area contributed by atoms with Crippen molar-refractivity contribution in [2.24, 2.45) is 0 Å². The van der Waals surface area contributed by atoms with E-state index in [0.717, 1.165) is 10.0 Å². The van der Waals surface area contributed by atoms with Crippen LogP contribution in [0, 0.1) is 5.82 Å². The topological polar surface area (TPSA) is 20.3 Å². The van der Waals surface area contributed by atoms with Gasteiger partial charge in [-0.25, -0.2) is 4.39 Å². The van der Waals surface area contributed by atoms with Crippen molar-refractivity contribution in [3.63, 3.8) is 0 Å². The molecule has 2 rings (SSSR count). The first-order valence-corrected chi connectivity index (χ1v) is 7.56. The molecule has 0 saturated heterocycles. The SMILES string of the molecule is CN(Cc1ccc(Br)cc1)C(=O)Cc1c(F)cccc1Cl. The van der Waals surface area contributed by atoms with E-state index in [2.05, 4.69) is 15.9 Å². The molecule has 0 fully saturated rings. The predicted molar refractivity (Wildman–Crippen MR) is 85.7 cm³/mol. The van der Waals surface area contributed by atoms with Crippen LogP contribution >= 0.6 is 27.5 Å². The number of amides is 1. The lowest BCUT2D eigenvalue weighted by atomic mass is 10.1. The van der Waals surface area contributed by atoms with Crippen LogP contribution in [0.3, 0.4) is 0 Å². The number of hydrogen-bond donors (Lipinski definition) is 0. The highest BCUT2D eigenvalue weighted by Gasteiger charge is 2.15. The monoisotopic (exact) mass is 369 g/mol. The molecule has 0 N–H and O–H groups in total. The quantitative estimate of drug-likeness (QED) is 0.779. The average Bonchev–Trinajstić information content (AvgIpc) is 2.45. The second kappa shape index (κ2) is 7.05. The lowest BCUT2D eigenvalue weighted by Crippen LogP contribution is -2.28. The zero-order valence-corrected chi connectivity index (χ0v) is 13.8. The van der Waals surface area contributed by atoms with Crippen LogP contribution in [0.5, 0.6) is 0 Å². The summed E-state index contributed by atoms with van der Waals surface area (Å²) in [6.45, 7) is 0.470. The van der Waals surface area contributed by atoms with E-state index in [0.29, 0.717) is 6.54 Å². The summed E-state index contributed by atoms with van der Waals surface area (Å²) < 4.78 is 14.7. The molecule has 5 heteroatoms. The highest BCUT2D eigenvalue weighted by Crippen LogP contribution is 2.20. The number of halogens is 3. The number of carbonyl (C=O) groups is 1. The molecular weight excluding hydrogens is 357 g/mol. The molecule has 0 aromatic heterocycles. The molecule has 0 spiro atoms. The molecule has 21 heavy (non-hydrogen) atoms. The smallest absolute Gasteiger partial charge is 0.227 e. The van der Waals surface area contributed by atoms with E-state index in [4.69, 9.17) is 11.6 Å². The van der Waals surface area contributed by atoms with Crippen molar-refractivity contribution in [1.82, 2.24) is 4.90 Å². The fraction of sp³-hybridized carbons (Fsp3) is 0.188. The maximum absolute atomic E-state index is 13.7. The van der Waals surface area contributed by atoms with Crippen LogP contribution in [0.25, 0.3) is 0 Å². The number of nitrogens with zero attached hydrogens (tertiary/aromatic N) is 1. The largest absolute Gasteiger partial charge is 0.341 e. The minimum atomic E-state index is -0.451. The molecule has 0 aliphatic heterocycles. The normalized spacial score (nSPS) is 10.5. The van der Waals surface area contributed by atoms with Crippen molar-refractivity contribution in [2.75, 3.05) is 7.05 Å². The van der Waals surface area contributed by atoms with Gasteiger partial charge in [-0.2, -0.15) is 0 Å². The first kappa shape index (κ1) is 16.0. The molecule has 0 atom stereocenters. The second-order valence-electron chi connectivity index (χ2n) is 4.75. The van der Waals surface area contributed by atoms with E-state index >= 15 is 0 Å². The van der Waals surface area contributed by atoms with E-state index in [1.807, 2.05) is 24.3 Å². The summed E-state index contributed by atoms with van der Waals surface area (Å²) in [7, 11) is 1.69. The molecule has 1 amide bonds. The highest BCUT2D eigenvalue weighted by molar-refractivity contribution is 9.10. The Morgan fingerprint density at radius 3 is 2.52 bits per heavy atom. The maximum Gasteiger partial charge on any atom is 0.227 e. The molecule has 0 bridgehead atoms. The lowest BCUT2D eigenvalue weighted by molar-refractivity contribution is -0.129. The summed E-state index contributed by atoms with van der Waals surface area (Å²) in [5.41, 5.74) is 1.25. The van der Waals surface area contributed by atoms with Crippen LogP contribution in [0.4, 0.5) is 4.39 Å². The van der Waals surface area contributed by atoms with Gasteiger partial charge in [0.25, 0.3) is 0 Å². The van der Waals surface area contributed by atoms with Gasteiger partial charge >= 0.3 is 0 Å². The standard InChI is InChI=1S/C16H14BrClFNO/c1-20(10-11-5-7-12(17)8-6-11)16(21)9-13-14(18)3-2-4-15(13)19/h2-8H,9-10H2,1H3. The Morgan fingerprint density at radius 2 is 1.90 bits per heavy atom. The van der Waals surface area contributed by atoms with Gasteiger partial charge in [0.15, 0.2) is 0 Å². The number of benzene rings is 2. The van der Waals surface area contributed by atoms with E-state index in [1.165, 1.54) is 12.1 Å². The number of hydrogen-bond acceptors (Lipinski definition) is 1. The summed E-state index contributed by atoms with van der Waals surface area (Å²) in [6.07, 6.45) is -0.0431. The Balaban J connectivity index is 2.04. The zero-order chi connectivity index (χ0) is 15.4. The maximum atomic E-state index is 13.7. The van der Waals surface area contributed by atoms with Gasteiger partial charge in [0.2, 0.25) is 5.91 Å². The van der Waals surface area contributed by atoms with Crippen LogP contribution in [0.15, 0.2) is 46.9 Å². The molecule has 2 aromatic rings. The lowest BCUT2D eigenvalue weighted by Gasteiger charge is -2.18. The van der Waals surface area contributed by atoms with Crippen LogP contribution in [0.1, 0.15) is 11.1 Å². The molecule has 0 unspecified atom stereocenters. The van der Waals surface area contributed by atoms with E-state index in [1.54, 1.807) is 18.0 Å². The van der Waals surface area contributed by atoms with E-state index in [9.17, 15) is 9.18 Å². The fourth-order valence-corrected chi connectivity index (χ4v) is 2.43. The minimum absolute atomic E-state index is 0.0431. The van der Waals surface area contributed by atoms with Crippen molar-refractivity contribution in [2.45, 2.75) is 13.0 Å². The molecule has 110 valence electrons. The van der Waals surface area contributed by atoms with Crippen molar-refractivity contribution < 1.29 is 9.18 Å².